The van der Waals surface area contributed by atoms with Crippen LogP contribution in [0.3, 0.4) is 0 Å². The van der Waals surface area contributed by atoms with Gasteiger partial charge in [-0.2, -0.15) is 0 Å². The van der Waals surface area contributed by atoms with E-state index in [9.17, 15) is 9.59 Å². The number of aryl methyl sites for hydroxylation is 1. The van der Waals surface area contributed by atoms with E-state index in [1.54, 1.807) is 4.90 Å². The van der Waals surface area contributed by atoms with Gasteiger partial charge >= 0.3 is 0 Å². The molecule has 1 unspecified atom stereocenters. The third kappa shape index (κ3) is 5.07. The van der Waals surface area contributed by atoms with Crippen LogP contribution in [0, 0.1) is 6.92 Å². The number of benzene rings is 1. The molecule has 2 amide bonds. The minimum Gasteiger partial charge on any atom is -0.484 e. The average Bonchev–Trinajstić information content (AvgIpc) is 3.48. The van der Waals surface area contributed by atoms with E-state index in [1.807, 2.05) is 54.8 Å². The highest BCUT2D eigenvalue weighted by molar-refractivity contribution is 7.13. The summed E-state index contributed by atoms with van der Waals surface area (Å²) < 4.78 is 11.1. The molecule has 1 aromatic carbocycles. The van der Waals surface area contributed by atoms with Crippen LogP contribution in [-0.4, -0.2) is 47.4 Å². The Balaban J connectivity index is 1.23. The Morgan fingerprint density at radius 2 is 2.10 bits per heavy atom. The minimum atomic E-state index is -0.0951. The smallest absolute Gasteiger partial charge is 0.260 e. The second-order valence-corrected chi connectivity index (χ2v) is 8.08. The summed E-state index contributed by atoms with van der Waals surface area (Å²) in [6.45, 7) is 2.99. The maximum atomic E-state index is 12.4. The molecule has 4 rings (SSSR count). The van der Waals surface area contributed by atoms with Gasteiger partial charge in [-0.1, -0.05) is 18.2 Å². The van der Waals surface area contributed by atoms with Crippen LogP contribution in [0.5, 0.6) is 5.75 Å². The molecule has 0 saturated carbocycles. The van der Waals surface area contributed by atoms with E-state index in [0.29, 0.717) is 30.3 Å². The Morgan fingerprint density at radius 1 is 1.27 bits per heavy atom. The number of carbonyl (C=O) groups is 2. The molecule has 156 valence electrons. The first-order chi connectivity index (χ1) is 14.6. The fraction of sp³-hybridized carbons (Fsp3) is 0.318. The maximum absolute atomic E-state index is 12.4. The third-order valence-corrected chi connectivity index (χ3v) is 5.76. The third-order valence-electron chi connectivity index (χ3n) is 4.86. The van der Waals surface area contributed by atoms with Crippen LogP contribution in [0.2, 0.25) is 0 Å². The van der Waals surface area contributed by atoms with Crippen LogP contribution >= 0.6 is 11.3 Å². The normalized spacial score (nSPS) is 15.9. The number of likely N-dealkylation sites (tertiary alicyclic amines) is 1. The summed E-state index contributed by atoms with van der Waals surface area (Å²) in [5.74, 6) is 2.04. The molecule has 8 heteroatoms. The maximum Gasteiger partial charge on any atom is 0.260 e. The fourth-order valence-electron chi connectivity index (χ4n) is 3.35. The van der Waals surface area contributed by atoms with Gasteiger partial charge in [0, 0.05) is 24.5 Å². The lowest BCUT2D eigenvalue weighted by atomic mass is 10.2. The van der Waals surface area contributed by atoms with Crippen LogP contribution in [0.25, 0.3) is 10.8 Å². The first kappa shape index (κ1) is 20.2. The van der Waals surface area contributed by atoms with E-state index >= 15 is 0 Å². The lowest BCUT2D eigenvalue weighted by Crippen LogP contribution is -2.40. The molecule has 1 aliphatic rings. The van der Waals surface area contributed by atoms with E-state index in [4.69, 9.17) is 9.15 Å². The number of aromatic nitrogens is 1. The highest BCUT2D eigenvalue weighted by Gasteiger charge is 2.27. The van der Waals surface area contributed by atoms with Gasteiger partial charge in [0.1, 0.15) is 11.5 Å². The van der Waals surface area contributed by atoms with Gasteiger partial charge in [0.25, 0.3) is 5.91 Å². The number of carbonyl (C=O) groups excluding carboxylic acids is 2. The number of hydrogen-bond donors (Lipinski definition) is 1. The zero-order valence-electron chi connectivity index (χ0n) is 16.7. The van der Waals surface area contributed by atoms with Gasteiger partial charge in [0.05, 0.1) is 12.1 Å². The molecule has 30 heavy (non-hydrogen) atoms. The van der Waals surface area contributed by atoms with Crippen molar-refractivity contribution in [2.24, 2.45) is 0 Å². The molecule has 3 heterocycles. The number of nitrogens with one attached hydrogen (secondary N) is 1. The topological polar surface area (TPSA) is 84.7 Å². The molecule has 3 aromatic rings. The molecule has 0 bridgehead atoms. The first-order valence-corrected chi connectivity index (χ1v) is 10.7. The number of ether oxygens (including phenoxy) is 1. The molecule has 0 spiro atoms. The van der Waals surface area contributed by atoms with Crippen molar-refractivity contribution in [1.29, 1.82) is 0 Å². The number of furan rings is 1. The molecule has 2 aromatic heterocycles. The molecular formula is C22H23N3O4S. The van der Waals surface area contributed by atoms with Crippen molar-refractivity contribution in [2.75, 3.05) is 19.7 Å². The Kier molecular flexibility index (Phi) is 6.13. The second-order valence-electron chi connectivity index (χ2n) is 7.23. The fourth-order valence-corrected chi connectivity index (χ4v) is 4.13. The van der Waals surface area contributed by atoms with Crippen molar-refractivity contribution < 1.29 is 18.7 Å². The summed E-state index contributed by atoms with van der Waals surface area (Å²) in [7, 11) is 0. The summed E-state index contributed by atoms with van der Waals surface area (Å²) in [6.07, 6.45) is 0.939. The van der Waals surface area contributed by atoms with Crippen LogP contribution < -0.4 is 10.1 Å². The molecule has 0 aliphatic carbocycles. The molecule has 1 fully saturated rings. The van der Waals surface area contributed by atoms with Crippen LogP contribution in [0.1, 0.15) is 17.9 Å². The monoisotopic (exact) mass is 425 g/mol. The largest absolute Gasteiger partial charge is 0.484 e. The molecule has 0 radical (unpaired) electrons. The number of hydrogen-bond acceptors (Lipinski definition) is 6. The van der Waals surface area contributed by atoms with Gasteiger partial charge < -0.3 is 19.4 Å². The van der Waals surface area contributed by atoms with Gasteiger partial charge in [-0.15, -0.1) is 11.3 Å². The Hall–Kier alpha value is -3.13. The standard InChI is InChI=1S/C22H23N3O4S/c1-15-7-8-19(29-15)22-24-17(14-30-22)11-20(26)23-16-9-10-25(12-16)21(27)13-28-18-5-3-2-4-6-18/h2-8,14,16H,9-13H2,1H3,(H,23,26). The predicted molar refractivity (Wildman–Crippen MR) is 113 cm³/mol. The quantitative estimate of drug-likeness (QED) is 0.629. The number of amides is 2. The van der Waals surface area contributed by atoms with Gasteiger partial charge in [-0.25, -0.2) is 4.98 Å². The number of thiazole rings is 1. The summed E-state index contributed by atoms with van der Waals surface area (Å²) in [5, 5.41) is 5.65. The van der Waals surface area contributed by atoms with Gasteiger partial charge in [0.15, 0.2) is 17.4 Å². The second kappa shape index (κ2) is 9.13. The molecule has 1 N–H and O–H groups in total. The van der Waals surface area contributed by atoms with E-state index in [-0.39, 0.29) is 30.9 Å². The van der Waals surface area contributed by atoms with Gasteiger partial charge in [-0.3, -0.25) is 9.59 Å². The van der Waals surface area contributed by atoms with E-state index in [2.05, 4.69) is 10.3 Å². The van der Waals surface area contributed by atoms with Crippen molar-refractivity contribution >= 4 is 23.2 Å². The Bertz CT molecular complexity index is 1010. The van der Waals surface area contributed by atoms with Crippen molar-refractivity contribution in [3.8, 4) is 16.5 Å². The average molecular weight is 426 g/mol. The Morgan fingerprint density at radius 3 is 2.87 bits per heavy atom. The van der Waals surface area contributed by atoms with Gasteiger partial charge in [-0.05, 0) is 37.6 Å². The molecule has 1 atom stereocenters. The first-order valence-electron chi connectivity index (χ1n) is 9.83. The predicted octanol–water partition coefficient (Wildman–Crippen LogP) is 3.05. The van der Waals surface area contributed by atoms with E-state index in [0.717, 1.165) is 17.2 Å². The molecule has 1 aliphatic heterocycles. The highest BCUT2D eigenvalue weighted by atomic mass is 32.1. The van der Waals surface area contributed by atoms with Crippen molar-refractivity contribution in [1.82, 2.24) is 15.2 Å². The van der Waals surface area contributed by atoms with Crippen molar-refractivity contribution in [3.63, 3.8) is 0 Å². The van der Waals surface area contributed by atoms with Gasteiger partial charge in [0.2, 0.25) is 5.91 Å². The molecular weight excluding hydrogens is 402 g/mol. The summed E-state index contributed by atoms with van der Waals surface area (Å²) in [6, 6.07) is 13.0. The Labute approximate surface area is 178 Å². The van der Waals surface area contributed by atoms with E-state index in [1.165, 1.54) is 11.3 Å². The summed E-state index contributed by atoms with van der Waals surface area (Å²) >= 11 is 1.46. The van der Waals surface area contributed by atoms with Crippen molar-refractivity contribution in [3.05, 3.63) is 59.3 Å². The zero-order valence-corrected chi connectivity index (χ0v) is 17.5. The minimum absolute atomic E-state index is 0.00145. The van der Waals surface area contributed by atoms with E-state index < -0.39 is 0 Å². The lowest BCUT2D eigenvalue weighted by Gasteiger charge is -2.17. The zero-order chi connectivity index (χ0) is 20.9. The van der Waals surface area contributed by atoms with Crippen LogP contribution in [-0.2, 0) is 16.0 Å². The number of para-hydroxylation sites is 1. The van der Waals surface area contributed by atoms with Crippen LogP contribution in [0.15, 0.2) is 52.3 Å². The van der Waals surface area contributed by atoms with Crippen molar-refractivity contribution in [2.45, 2.75) is 25.8 Å². The SMILES string of the molecule is Cc1ccc(-c2nc(CC(=O)NC3CCN(C(=O)COc4ccccc4)C3)cs2)o1. The highest BCUT2D eigenvalue weighted by Crippen LogP contribution is 2.25. The molecule has 1 saturated heterocycles. The number of nitrogens with zero attached hydrogens (tertiary/aromatic N) is 2. The summed E-state index contributed by atoms with van der Waals surface area (Å²) in [5.41, 5.74) is 0.712. The molecule has 7 nitrogen and oxygen atoms in total. The lowest BCUT2D eigenvalue weighted by molar-refractivity contribution is -0.132. The number of rotatable bonds is 7. The van der Waals surface area contributed by atoms with Crippen LogP contribution in [0.4, 0.5) is 0 Å². The summed E-state index contributed by atoms with van der Waals surface area (Å²) in [4.78, 5) is 31.0.